The van der Waals surface area contributed by atoms with Crippen LogP contribution in [0.25, 0.3) is 0 Å². The summed E-state index contributed by atoms with van der Waals surface area (Å²) in [5.74, 6) is 0.501. The largest absolute Gasteiger partial charge is 0.271 e. The monoisotopic (exact) mass is 183 g/mol. The van der Waals surface area contributed by atoms with Gasteiger partial charge in [0.15, 0.2) is 0 Å². The van der Waals surface area contributed by atoms with Crippen molar-refractivity contribution in [3.05, 3.63) is 0 Å². The van der Waals surface area contributed by atoms with Gasteiger partial charge in [0.05, 0.1) is 6.54 Å². The molecule has 1 aliphatic heterocycles. The molecule has 2 atom stereocenters. The van der Waals surface area contributed by atoms with Crippen LogP contribution in [0.5, 0.6) is 0 Å². The summed E-state index contributed by atoms with van der Waals surface area (Å²) >= 11 is 0. The van der Waals surface area contributed by atoms with Crippen LogP contribution in [0.3, 0.4) is 0 Å². The molecule has 0 saturated heterocycles. The molecule has 74 valence electrons. The van der Waals surface area contributed by atoms with Gasteiger partial charge in [0.2, 0.25) is 0 Å². The molecule has 0 aromatic heterocycles. The summed E-state index contributed by atoms with van der Waals surface area (Å²) in [6, 6.07) is 0. The molecule has 4 nitrogen and oxygen atoms in total. The fourth-order valence-corrected chi connectivity index (χ4v) is 1.22. The molecular weight excluding hydrogens is 166 g/mol. The molecule has 1 rings (SSSR count). The lowest BCUT2D eigenvalue weighted by molar-refractivity contribution is -0.139. The highest BCUT2D eigenvalue weighted by Gasteiger charge is 2.25. The first-order valence-corrected chi connectivity index (χ1v) is 4.76. The normalized spacial score (nSPS) is 20.4. The number of hydrogen-bond donors (Lipinski definition) is 1. The Hall–Kier alpha value is -0.900. The summed E-state index contributed by atoms with van der Waals surface area (Å²) in [7, 11) is 0. The van der Waals surface area contributed by atoms with Crippen LogP contribution < -0.4 is 5.43 Å². The lowest BCUT2D eigenvalue weighted by Gasteiger charge is -2.21. The van der Waals surface area contributed by atoms with E-state index >= 15 is 0 Å². The summed E-state index contributed by atoms with van der Waals surface area (Å²) in [4.78, 5) is 11.7. The molecule has 1 aliphatic rings. The van der Waals surface area contributed by atoms with Crippen LogP contribution in [0.15, 0.2) is 5.10 Å². The van der Waals surface area contributed by atoms with Gasteiger partial charge in [0.1, 0.15) is 0 Å². The van der Waals surface area contributed by atoms with Crippen molar-refractivity contribution < 1.29 is 4.79 Å². The number of rotatable bonds is 3. The third-order valence-corrected chi connectivity index (χ3v) is 2.63. The maximum Gasteiger partial charge on any atom is 0.260 e. The Morgan fingerprint density at radius 3 is 2.85 bits per heavy atom. The Balaban J connectivity index is 2.51. The second-order valence-electron chi connectivity index (χ2n) is 3.48. The Labute approximate surface area is 79.0 Å². The topological polar surface area (TPSA) is 44.7 Å². The highest BCUT2D eigenvalue weighted by Crippen LogP contribution is 2.16. The van der Waals surface area contributed by atoms with Gasteiger partial charge in [-0.3, -0.25) is 4.79 Å². The van der Waals surface area contributed by atoms with Gasteiger partial charge in [-0.05, 0) is 5.92 Å². The van der Waals surface area contributed by atoms with Crippen LogP contribution in [0.1, 0.15) is 27.2 Å². The number of hydrazine groups is 1. The maximum absolute atomic E-state index is 11.7. The van der Waals surface area contributed by atoms with Crippen LogP contribution in [0, 0.1) is 11.8 Å². The number of nitrogens with one attached hydrogen (secondary N) is 1. The van der Waals surface area contributed by atoms with Crippen LogP contribution >= 0.6 is 0 Å². The van der Waals surface area contributed by atoms with Gasteiger partial charge in [-0.25, -0.2) is 5.43 Å². The van der Waals surface area contributed by atoms with E-state index in [1.807, 2.05) is 6.92 Å². The van der Waals surface area contributed by atoms with Crippen molar-refractivity contribution in [2.75, 3.05) is 6.54 Å². The van der Waals surface area contributed by atoms with Crippen LogP contribution in [-0.4, -0.2) is 23.8 Å². The average Bonchev–Trinajstić information content (AvgIpc) is 2.67. The predicted octanol–water partition coefficient (Wildman–Crippen LogP) is 1.00. The number of hydrogen-bond acceptors (Lipinski definition) is 3. The molecule has 4 heteroatoms. The van der Waals surface area contributed by atoms with Gasteiger partial charge in [-0.15, -0.1) is 0 Å². The number of nitrogens with zero attached hydrogens (tertiary/aromatic N) is 2. The van der Waals surface area contributed by atoms with E-state index in [0.717, 1.165) is 6.42 Å². The lowest BCUT2D eigenvalue weighted by atomic mass is 9.93. The van der Waals surface area contributed by atoms with Crippen molar-refractivity contribution in [2.24, 2.45) is 16.9 Å². The molecule has 0 radical (unpaired) electrons. The van der Waals surface area contributed by atoms with Gasteiger partial charge in [0.25, 0.3) is 5.91 Å². The van der Waals surface area contributed by atoms with Crippen molar-refractivity contribution in [1.29, 1.82) is 0 Å². The molecule has 1 N–H and O–H groups in total. The fourth-order valence-electron chi connectivity index (χ4n) is 1.22. The second kappa shape index (κ2) is 4.37. The maximum atomic E-state index is 11.7. The van der Waals surface area contributed by atoms with E-state index in [0.29, 0.717) is 12.5 Å². The molecule has 0 aliphatic carbocycles. The van der Waals surface area contributed by atoms with Crippen molar-refractivity contribution >= 4 is 12.1 Å². The molecule has 1 heterocycles. The Morgan fingerprint density at radius 1 is 1.69 bits per heavy atom. The molecule has 13 heavy (non-hydrogen) atoms. The first-order chi connectivity index (χ1) is 6.16. The Morgan fingerprint density at radius 2 is 2.38 bits per heavy atom. The number of hydrazone groups is 1. The van der Waals surface area contributed by atoms with Gasteiger partial charge in [-0.2, -0.15) is 10.2 Å². The summed E-state index contributed by atoms with van der Waals surface area (Å²) in [6.07, 6.45) is 2.71. The third kappa shape index (κ3) is 2.28. The molecule has 1 amide bonds. The van der Waals surface area contributed by atoms with E-state index in [9.17, 15) is 4.79 Å². The zero-order chi connectivity index (χ0) is 9.84. The molecule has 0 fully saturated rings. The van der Waals surface area contributed by atoms with E-state index in [2.05, 4.69) is 24.4 Å². The smallest absolute Gasteiger partial charge is 0.260 e. The molecule has 0 aromatic rings. The van der Waals surface area contributed by atoms with Gasteiger partial charge >= 0.3 is 0 Å². The van der Waals surface area contributed by atoms with E-state index in [1.54, 1.807) is 6.21 Å². The number of amides is 1. The first-order valence-electron chi connectivity index (χ1n) is 4.76. The highest BCUT2D eigenvalue weighted by atomic mass is 16.2. The predicted molar refractivity (Wildman–Crippen MR) is 52.0 cm³/mol. The van der Waals surface area contributed by atoms with E-state index in [-0.39, 0.29) is 11.8 Å². The first kappa shape index (κ1) is 10.2. The van der Waals surface area contributed by atoms with Crippen LogP contribution in [0.2, 0.25) is 0 Å². The van der Waals surface area contributed by atoms with E-state index < -0.39 is 0 Å². The van der Waals surface area contributed by atoms with Crippen molar-refractivity contribution in [3.8, 4) is 0 Å². The molecule has 0 saturated carbocycles. The van der Waals surface area contributed by atoms with Crippen molar-refractivity contribution in [2.45, 2.75) is 27.2 Å². The Kier molecular flexibility index (Phi) is 3.42. The fraction of sp³-hybridized carbons (Fsp3) is 0.778. The molecule has 0 spiro atoms. The lowest BCUT2D eigenvalue weighted by Crippen LogP contribution is -2.39. The zero-order valence-electron chi connectivity index (χ0n) is 8.45. The Bertz CT molecular complexity index is 215. The van der Waals surface area contributed by atoms with Gasteiger partial charge in [-0.1, -0.05) is 27.2 Å². The van der Waals surface area contributed by atoms with E-state index in [1.165, 1.54) is 5.12 Å². The molecule has 0 aromatic carbocycles. The summed E-state index contributed by atoms with van der Waals surface area (Å²) < 4.78 is 0. The molecular formula is C9H17N3O. The summed E-state index contributed by atoms with van der Waals surface area (Å²) in [6.45, 7) is 6.78. The minimum atomic E-state index is 0.0350. The van der Waals surface area contributed by atoms with E-state index in [4.69, 9.17) is 0 Å². The quantitative estimate of drug-likeness (QED) is 0.709. The summed E-state index contributed by atoms with van der Waals surface area (Å²) in [5.41, 5.74) is 2.88. The van der Waals surface area contributed by atoms with Crippen molar-refractivity contribution in [1.82, 2.24) is 10.5 Å². The van der Waals surface area contributed by atoms with Crippen LogP contribution in [-0.2, 0) is 4.79 Å². The average molecular weight is 183 g/mol. The van der Waals surface area contributed by atoms with Gasteiger partial charge < -0.3 is 0 Å². The number of carbonyl (C=O) groups is 1. The standard InChI is InChI=1S/C9H17N3O/c1-4-7(2)8(3)9(13)12-10-5-6-11-12/h5,7-8,11H,4,6H2,1-3H3/t7-,8+/m1/s1. The second-order valence-corrected chi connectivity index (χ2v) is 3.48. The number of carbonyl (C=O) groups excluding carboxylic acids is 1. The minimum Gasteiger partial charge on any atom is -0.271 e. The minimum absolute atomic E-state index is 0.0350. The van der Waals surface area contributed by atoms with Crippen LogP contribution in [0.4, 0.5) is 0 Å². The van der Waals surface area contributed by atoms with Gasteiger partial charge in [0, 0.05) is 12.1 Å². The van der Waals surface area contributed by atoms with Crippen molar-refractivity contribution in [3.63, 3.8) is 0 Å². The summed E-state index contributed by atoms with van der Waals surface area (Å²) in [5, 5.41) is 5.27. The molecule has 0 bridgehead atoms. The highest BCUT2D eigenvalue weighted by molar-refractivity contribution is 5.80. The third-order valence-electron chi connectivity index (χ3n) is 2.63. The molecule has 0 unspecified atom stereocenters. The SMILES string of the molecule is CC[C@@H](C)[C@H](C)C(=O)N1N=CCN1. The zero-order valence-corrected chi connectivity index (χ0v) is 8.45.